The van der Waals surface area contributed by atoms with Crippen LogP contribution in [0.15, 0.2) is 224 Å². The van der Waals surface area contributed by atoms with Crippen LogP contribution < -0.4 is 0 Å². The second kappa shape index (κ2) is 15.3. The van der Waals surface area contributed by atoms with Crippen LogP contribution in [0.4, 0.5) is 0 Å². The average Bonchev–Trinajstić information content (AvgIpc) is 3.89. The lowest BCUT2D eigenvalue weighted by Gasteiger charge is -2.16. The molecule has 298 valence electrons. The topological polar surface area (TPSA) is 59.4 Å². The summed E-state index contributed by atoms with van der Waals surface area (Å²) in [6, 6.07) is 81.0. The van der Waals surface area contributed by atoms with Crippen LogP contribution in [0.1, 0.15) is 5.56 Å². The van der Waals surface area contributed by atoms with Crippen LogP contribution >= 0.6 is 0 Å². The molecule has 64 heavy (non-hydrogen) atoms. The Hall–Kier alpha value is -8.85. The Morgan fingerprint density at radius 3 is 1.41 bits per heavy atom. The first kappa shape index (κ1) is 37.0. The fourth-order valence-corrected chi connectivity index (χ4v) is 9.38. The van der Waals surface area contributed by atoms with Crippen molar-refractivity contribution < 1.29 is 0 Å². The van der Waals surface area contributed by atoms with E-state index in [0.717, 1.165) is 83.5 Å². The fraction of sp³-hybridized carbons (Fsp3) is 0. The van der Waals surface area contributed by atoms with Gasteiger partial charge in [-0.15, -0.1) is 0 Å². The first-order valence-electron chi connectivity index (χ1n) is 21.5. The predicted octanol–water partition coefficient (Wildman–Crippen LogP) is 14.9. The van der Waals surface area contributed by atoms with Gasteiger partial charge in [0.1, 0.15) is 0 Å². The number of benzene rings is 9. The zero-order valence-corrected chi connectivity index (χ0v) is 34.6. The molecule has 0 atom stereocenters. The van der Waals surface area contributed by atoms with Crippen molar-refractivity contribution in [2.24, 2.45) is 0 Å². The highest BCUT2D eigenvalue weighted by atomic mass is 15.0. The first-order chi connectivity index (χ1) is 31.7. The van der Waals surface area contributed by atoms with Gasteiger partial charge in [0.2, 0.25) is 0 Å². The van der Waals surface area contributed by atoms with E-state index in [4.69, 9.17) is 9.97 Å². The maximum atomic E-state index is 10.3. The standard InChI is InChI=1S/C59H37N5/c60-38-39-28-30-58(51(32-39)59-61-52(41-18-6-2-7-19-41)37-53(62-59)42-20-8-3-9-21-42)64-56-27-15-12-24-49(56)50-36-43(29-31-57(50)64)45-33-44(40-16-4-1-5-17-40)34-46(35-45)63-54-25-13-10-22-47(54)48-23-11-14-26-55(48)63/h1-37H. The summed E-state index contributed by atoms with van der Waals surface area (Å²) >= 11 is 0. The van der Waals surface area contributed by atoms with E-state index in [9.17, 15) is 5.26 Å². The average molecular weight is 816 g/mol. The molecule has 3 heterocycles. The molecule has 5 nitrogen and oxygen atoms in total. The smallest absolute Gasteiger partial charge is 0.162 e. The molecule has 12 rings (SSSR count). The van der Waals surface area contributed by atoms with Gasteiger partial charge in [0.15, 0.2) is 5.82 Å². The molecule has 0 saturated heterocycles. The Kier molecular flexibility index (Phi) is 8.81. The Bertz CT molecular complexity index is 3670. The molecule has 0 spiro atoms. The summed E-state index contributed by atoms with van der Waals surface area (Å²) in [6.45, 7) is 0. The van der Waals surface area contributed by atoms with Crippen molar-refractivity contribution in [2.45, 2.75) is 0 Å². The molecule has 5 heteroatoms. The van der Waals surface area contributed by atoms with Gasteiger partial charge in [0, 0.05) is 43.9 Å². The number of nitrogens with zero attached hydrogens (tertiary/aromatic N) is 5. The highest BCUT2D eigenvalue weighted by Gasteiger charge is 2.21. The molecule has 0 aliphatic heterocycles. The van der Waals surface area contributed by atoms with Gasteiger partial charge < -0.3 is 9.13 Å². The van der Waals surface area contributed by atoms with Crippen LogP contribution in [0.2, 0.25) is 0 Å². The van der Waals surface area contributed by atoms with Gasteiger partial charge in [-0.2, -0.15) is 5.26 Å². The van der Waals surface area contributed by atoms with E-state index >= 15 is 0 Å². The second-order valence-corrected chi connectivity index (χ2v) is 16.1. The minimum absolute atomic E-state index is 0.536. The Balaban J connectivity index is 1.08. The van der Waals surface area contributed by atoms with Crippen LogP contribution in [0.5, 0.6) is 0 Å². The molecule has 0 aliphatic carbocycles. The van der Waals surface area contributed by atoms with E-state index in [2.05, 4.69) is 179 Å². The highest BCUT2D eigenvalue weighted by Crippen LogP contribution is 2.41. The molecule has 9 aromatic carbocycles. The van der Waals surface area contributed by atoms with Crippen LogP contribution in [0.25, 0.3) is 111 Å². The molecule has 0 N–H and O–H groups in total. The van der Waals surface area contributed by atoms with Gasteiger partial charge >= 0.3 is 0 Å². The summed E-state index contributed by atoms with van der Waals surface area (Å²) in [5.41, 5.74) is 15.9. The fourth-order valence-electron chi connectivity index (χ4n) is 9.38. The lowest BCUT2D eigenvalue weighted by atomic mass is 9.96. The van der Waals surface area contributed by atoms with Gasteiger partial charge in [0.05, 0.1) is 50.8 Å². The molecule has 0 bridgehead atoms. The predicted molar refractivity (Wildman–Crippen MR) is 263 cm³/mol. The van der Waals surface area contributed by atoms with E-state index in [1.165, 1.54) is 21.8 Å². The molecule has 0 amide bonds. The van der Waals surface area contributed by atoms with Gasteiger partial charge in [-0.1, -0.05) is 152 Å². The summed E-state index contributed by atoms with van der Waals surface area (Å²) in [7, 11) is 0. The maximum Gasteiger partial charge on any atom is 0.162 e. The van der Waals surface area contributed by atoms with Crippen molar-refractivity contribution in [2.75, 3.05) is 0 Å². The summed E-state index contributed by atoms with van der Waals surface area (Å²) in [5.74, 6) is 0.546. The van der Waals surface area contributed by atoms with Crippen LogP contribution in [0, 0.1) is 11.3 Å². The number of hydrogen-bond donors (Lipinski definition) is 0. The number of aromatic nitrogens is 4. The van der Waals surface area contributed by atoms with Crippen molar-refractivity contribution >= 4 is 43.6 Å². The molecule has 0 radical (unpaired) electrons. The maximum absolute atomic E-state index is 10.3. The third-order valence-electron chi connectivity index (χ3n) is 12.3. The van der Waals surface area contributed by atoms with Crippen LogP contribution in [-0.4, -0.2) is 19.1 Å². The normalized spacial score (nSPS) is 11.4. The SMILES string of the molecule is N#Cc1ccc(-n2c3ccccc3c3cc(-c4cc(-c5ccccc5)cc(-n5c6ccccc6c6ccccc65)c4)ccc32)c(-c2nc(-c3ccccc3)cc(-c3ccccc3)n2)c1. The highest BCUT2D eigenvalue weighted by molar-refractivity contribution is 6.12. The van der Waals surface area contributed by atoms with Crippen molar-refractivity contribution in [1.82, 2.24) is 19.1 Å². The first-order valence-corrected chi connectivity index (χ1v) is 21.5. The lowest BCUT2D eigenvalue weighted by molar-refractivity contribution is 1.14. The molecule has 0 saturated carbocycles. The minimum Gasteiger partial charge on any atom is -0.309 e. The third kappa shape index (κ3) is 6.24. The van der Waals surface area contributed by atoms with E-state index < -0.39 is 0 Å². The number of fused-ring (bicyclic) bond motifs is 6. The minimum atomic E-state index is 0.536. The van der Waals surface area contributed by atoms with Gasteiger partial charge in [0.25, 0.3) is 0 Å². The van der Waals surface area contributed by atoms with Gasteiger partial charge in [-0.05, 0) is 95.1 Å². The molecular formula is C59H37N5. The van der Waals surface area contributed by atoms with E-state index in [1.54, 1.807) is 0 Å². The van der Waals surface area contributed by atoms with Crippen molar-refractivity contribution in [3.63, 3.8) is 0 Å². The zero-order valence-electron chi connectivity index (χ0n) is 34.6. The van der Waals surface area contributed by atoms with E-state index in [1.807, 2.05) is 60.7 Å². The summed E-state index contributed by atoms with van der Waals surface area (Å²) in [4.78, 5) is 10.4. The monoisotopic (exact) mass is 815 g/mol. The van der Waals surface area contributed by atoms with Crippen molar-refractivity contribution in [3.8, 4) is 73.6 Å². The zero-order chi connectivity index (χ0) is 42.6. The van der Waals surface area contributed by atoms with Gasteiger partial charge in [-0.25, -0.2) is 9.97 Å². The quantitative estimate of drug-likeness (QED) is 0.161. The van der Waals surface area contributed by atoms with Gasteiger partial charge in [-0.3, -0.25) is 0 Å². The third-order valence-corrected chi connectivity index (χ3v) is 12.3. The van der Waals surface area contributed by atoms with Crippen LogP contribution in [0.3, 0.4) is 0 Å². The van der Waals surface area contributed by atoms with Crippen molar-refractivity contribution in [1.29, 1.82) is 5.26 Å². The Morgan fingerprint density at radius 1 is 0.344 bits per heavy atom. The summed E-state index contributed by atoms with van der Waals surface area (Å²) in [5, 5.41) is 15.0. The number of para-hydroxylation sites is 3. The number of rotatable bonds is 7. The molecule has 0 fully saturated rings. The van der Waals surface area contributed by atoms with Crippen LogP contribution in [-0.2, 0) is 0 Å². The molecule has 0 aliphatic rings. The summed E-state index contributed by atoms with van der Waals surface area (Å²) in [6.07, 6.45) is 0. The molecule has 12 aromatic rings. The number of hydrogen-bond acceptors (Lipinski definition) is 3. The second-order valence-electron chi connectivity index (χ2n) is 16.1. The number of nitriles is 1. The van der Waals surface area contributed by atoms with E-state index in [0.29, 0.717) is 11.4 Å². The van der Waals surface area contributed by atoms with E-state index in [-0.39, 0.29) is 0 Å². The lowest BCUT2D eigenvalue weighted by Crippen LogP contribution is -2.02. The Morgan fingerprint density at radius 2 is 0.828 bits per heavy atom. The molecule has 3 aromatic heterocycles. The molecular weight excluding hydrogens is 779 g/mol. The largest absolute Gasteiger partial charge is 0.309 e. The molecule has 0 unspecified atom stereocenters. The Labute approximate surface area is 370 Å². The van der Waals surface area contributed by atoms with Crippen molar-refractivity contribution in [3.05, 3.63) is 230 Å². The summed E-state index contributed by atoms with van der Waals surface area (Å²) < 4.78 is 4.70.